The fourth-order valence-electron chi connectivity index (χ4n) is 4.65. The average Bonchev–Trinajstić information content (AvgIpc) is 3.30. The van der Waals surface area contributed by atoms with Gasteiger partial charge in [-0.3, -0.25) is 14.9 Å². The van der Waals surface area contributed by atoms with Gasteiger partial charge in [-0.1, -0.05) is 60.7 Å². The molecule has 3 aromatic rings. The van der Waals surface area contributed by atoms with E-state index in [2.05, 4.69) is 5.32 Å². The number of ether oxygens (including phenoxy) is 1. The van der Waals surface area contributed by atoms with Gasteiger partial charge in [0.2, 0.25) is 5.91 Å². The smallest absolute Gasteiger partial charge is 0.326 e. The second-order valence-corrected chi connectivity index (χ2v) is 9.13. The Kier molecular flexibility index (Phi) is 7.85. The van der Waals surface area contributed by atoms with E-state index in [9.17, 15) is 24.6 Å². The summed E-state index contributed by atoms with van der Waals surface area (Å²) in [6, 6.07) is 20.2. The van der Waals surface area contributed by atoms with Crippen LogP contribution in [-0.4, -0.2) is 63.7 Å². The SMILES string of the molecule is C[C@H](N[C@@H](CCc1ccccc1)C(=O)O)C(=O)N1CC(Oc2ccc3ccccc3c2)C[C@H]1C(=O)O. The first-order valence-electron chi connectivity index (χ1n) is 12.0. The molecular weight excluding hydrogens is 460 g/mol. The minimum Gasteiger partial charge on any atom is -0.488 e. The number of amides is 1. The Hall–Kier alpha value is -3.91. The van der Waals surface area contributed by atoms with Gasteiger partial charge in [-0.2, -0.15) is 0 Å². The van der Waals surface area contributed by atoms with E-state index in [1.165, 1.54) is 4.90 Å². The molecule has 36 heavy (non-hydrogen) atoms. The van der Waals surface area contributed by atoms with E-state index >= 15 is 0 Å². The van der Waals surface area contributed by atoms with Gasteiger partial charge in [0.1, 0.15) is 23.9 Å². The Morgan fingerprint density at radius 2 is 1.69 bits per heavy atom. The lowest BCUT2D eigenvalue weighted by molar-refractivity contribution is -0.149. The van der Waals surface area contributed by atoms with E-state index in [0.717, 1.165) is 16.3 Å². The number of nitrogens with zero attached hydrogens (tertiary/aromatic N) is 1. The van der Waals surface area contributed by atoms with Crippen LogP contribution in [0.2, 0.25) is 0 Å². The number of likely N-dealkylation sites (tertiary alicyclic amines) is 1. The summed E-state index contributed by atoms with van der Waals surface area (Å²) in [4.78, 5) is 38.3. The molecule has 1 aliphatic rings. The lowest BCUT2D eigenvalue weighted by Gasteiger charge is -2.27. The Morgan fingerprint density at radius 3 is 2.39 bits per heavy atom. The summed E-state index contributed by atoms with van der Waals surface area (Å²) in [6.07, 6.45) is 0.496. The van der Waals surface area contributed by atoms with Gasteiger partial charge in [0.15, 0.2) is 0 Å². The summed E-state index contributed by atoms with van der Waals surface area (Å²) in [5.74, 6) is -2.02. The van der Waals surface area contributed by atoms with Crippen LogP contribution in [0.4, 0.5) is 0 Å². The number of hydrogen-bond donors (Lipinski definition) is 3. The first kappa shape index (κ1) is 25.2. The number of nitrogens with one attached hydrogen (secondary N) is 1. The van der Waals surface area contributed by atoms with Crippen molar-refractivity contribution in [3.05, 3.63) is 78.4 Å². The van der Waals surface area contributed by atoms with Crippen LogP contribution in [0, 0.1) is 0 Å². The van der Waals surface area contributed by atoms with Gasteiger partial charge < -0.3 is 19.8 Å². The highest BCUT2D eigenvalue weighted by molar-refractivity contribution is 5.88. The Balaban J connectivity index is 1.40. The van der Waals surface area contributed by atoms with E-state index in [4.69, 9.17) is 4.74 Å². The third-order valence-corrected chi connectivity index (χ3v) is 6.54. The molecule has 188 valence electrons. The molecular formula is C28H30N2O6. The highest BCUT2D eigenvalue weighted by Gasteiger charge is 2.42. The molecule has 1 amide bonds. The molecule has 0 aromatic heterocycles. The fraction of sp³-hybridized carbons (Fsp3) is 0.321. The molecule has 1 aliphatic heterocycles. The lowest BCUT2D eigenvalue weighted by atomic mass is 10.0. The molecule has 4 atom stereocenters. The van der Waals surface area contributed by atoms with Crippen molar-refractivity contribution in [2.75, 3.05) is 6.54 Å². The van der Waals surface area contributed by atoms with E-state index < -0.39 is 42.1 Å². The van der Waals surface area contributed by atoms with Gasteiger partial charge in [0, 0.05) is 6.42 Å². The zero-order valence-electron chi connectivity index (χ0n) is 20.0. The van der Waals surface area contributed by atoms with Gasteiger partial charge >= 0.3 is 11.9 Å². The van der Waals surface area contributed by atoms with Crippen LogP contribution < -0.4 is 10.1 Å². The summed E-state index contributed by atoms with van der Waals surface area (Å²) in [5.41, 5.74) is 1.00. The van der Waals surface area contributed by atoms with Crippen molar-refractivity contribution in [3.63, 3.8) is 0 Å². The van der Waals surface area contributed by atoms with Crippen LogP contribution in [-0.2, 0) is 20.8 Å². The maximum absolute atomic E-state index is 13.2. The zero-order chi connectivity index (χ0) is 25.7. The summed E-state index contributed by atoms with van der Waals surface area (Å²) in [5, 5.41) is 24.4. The van der Waals surface area contributed by atoms with Crippen molar-refractivity contribution in [1.82, 2.24) is 10.2 Å². The number of aryl methyl sites for hydroxylation is 1. The molecule has 3 aromatic carbocycles. The number of carboxylic acid groups (broad SMARTS) is 2. The van der Waals surface area contributed by atoms with Crippen LogP contribution >= 0.6 is 0 Å². The number of aliphatic carboxylic acids is 2. The number of fused-ring (bicyclic) bond motifs is 1. The molecule has 8 heteroatoms. The third kappa shape index (κ3) is 6.01. The topological polar surface area (TPSA) is 116 Å². The largest absolute Gasteiger partial charge is 0.488 e. The summed E-state index contributed by atoms with van der Waals surface area (Å²) in [7, 11) is 0. The molecule has 0 bridgehead atoms. The second kappa shape index (κ2) is 11.2. The molecule has 1 saturated heterocycles. The summed E-state index contributed by atoms with van der Waals surface area (Å²) >= 11 is 0. The first-order valence-corrected chi connectivity index (χ1v) is 12.0. The van der Waals surface area contributed by atoms with Crippen molar-refractivity contribution in [2.24, 2.45) is 0 Å². The summed E-state index contributed by atoms with van der Waals surface area (Å²) < 4.78 is 6.06. The minimum atomic E-state index is -1.11. The third-order valence-electron chi connectivity index (χ3n) is 6.54. The van der Waals surface area contributed by atoms with Crippen LogP contribution in [0.3, 0.4) is 0 Å². The quantitative estimate of drug-likeness (QED) is 0.399. The number of carbonyl (C=O) groups is 3. The van der Waals surface area contributed by atoms with Crippen molar-refractivity contribution in [3.8, 4) is 5.75 Å². The van der Waals surface area contributed by atoms with Gasteiger partial charge in [0.25, 0.3) is 0 Å². The van der Waals surface area contributed by atoms with Crippen molar-refractivity contribution >= 4 is 28.6 Å². The lowest BCUT2D eigenvalue weighted by Crippen LogP contribution is -2.53. The molecule has 8 nitrogen and oxygen atoms in total. The minimum absolute atomic E-state index is 0.108. The molecule has 0 radical (unpaired) electrons. The Labute approximate surface area is 209 Å². The second-order valence-electron chi connectivity index (χ2n) is 9.13. The molecule has 0 aliphatic carbocycles. The van der Waals surface area contributed by atoms with Crippen LogP contribution in [0.1, 0.15) is 25.3 Å². The van der Waals surface area contributed by atoms with Crippen molar-refractivity contribution in [1.29, 1.82) is 0 Å². The monoisotopic (exact) mass is 490 g/mol. The number of rotatable bonds is 10. The summed E-state index contributed by atoms with van der Waals surface area (Å²) in [6.45, 7) is 1.67. The normalized spacial score (nSPS) is 19.1. The molecule has 0 spiro atoms. The molecule has 4 rings (SSSR count). The van der Waals surface area contributed by atoms with Crippen LogP contribution in [0.5, 0.6) is 5.75 Å². The molecule has 3 N–H and O–H groups in total. The number of carboxylic acids is 2. The van der Waals surface area contributed by atoms with Crippen LogP contribution in [0.25, 0.3) is 10.8 Å². The van der Waals surface area contributed by atoms with E-state index in [-0.39, 0.29) is 13.0 Å². The van der Waals surface area contributed by atoms with E-state index in [1.54, 1.807) is 6.92 Å². The number of hydrogen-bond acceptors (Lipinski definition) is 5. The van der Waals surface area contributed by atoms with Gasteiger partial charge in [-0.25, -0.2) is 4.79 Å². The van der Waals surface area contributed by atoms with Crippen molar-refractivity contribution < 1.29 is 29.3 Å². The molecule has 1 heterocycles. The number of carbonyl (C=O) groups excluding carboxylic acids is 1. The first-order chi connectivity index (χ1) is 17.3. The Morgan fingerprint density at radius 1 is 1.00 bits per heavy atom. The standard InChI is InChI=1S/C28H30N2O6/c1-18(29-24(27(32)33)14-11-19-7-3-2-4-8-19)26(31)30-17-23(16-25(30)28(34)35)36-22-13-12-20-9-5-6-10-21(20)15-22/h2-10,12-13,15,18,23-25,29H,11,14,16-17H2,1H3,(H,32,33)(H,34,35)/t18-,23?,24-,25-/m0/s1. The predicted octanol–water partition coefficient (Wildman–Crippen LogP) is 3.34. The molecule has 1 unspecified atom stereocenters. The maximum atomic E-state index is 13.2. The molecule has 0 saturated carbocycles. The predicted molar refractivity (Wildman–Crippen MR) is 135 cm³/mol. The highest BCUT2D eigenvalue weighted by atomic mass is 16.5. The maximum Gasteiger partial charge on any atom is 0.326 e. The fourth-order valence-corrected chi connectivity index (χ4v) is 4.65. The van der Waals surface area contributed by atoms with Crippen molar-refractivity contribution in [2.45, 2.75) is 50.4 Å². The zero-order valence-corrected chi connectivity index (χ0v) is 20.0. The van der Waals surface area contributed by atoms with Gasteiger partial charge in [-0.05, 0) is 48.2 Å². The average molecular weight is 491 g/mol. The van der Waals surface area contributed by atoms with Crippen LogP contribution in [0.15, 0.2) is 72.8 Å². The van der Waals surface area contributed by atoms with Gasteiger partial charge in [0.05, 0.1) is 12.6 Å². The Bertz CT molecular complexity index is 1230. The van der Waals surface area contributed by atoms with E-state index in [1.807, 2.05) is 72.8 Å². The number of benzene rings is 3. The van der Waals surface area contributed by atoms with Gasteiger partial charge in [-0.15, -0.1) is 0 Å². The van der Waals surface area contributed by atoms with E-state index in [0.29, 0.717) is 18.6 Å². The highest BCUT2D eigenvalue weighted by Crippen LogP contribution is 2.27. The molecule has 1 fully saturated rings.